The standard InChI is InChI=1S/C16H23N3/c1-3-12-6-7-16(18-15(12)5-1)19-10-8-14-13(11-19)4-2-9-17-14/h6-7,13-14,17H,1-5,8-11H2. The molecule has 1 aromatic rings. The molecule has 4 rings (SSSR count). The van der Waals surface area contributed by atoms with Crippen molar-refractivity contribution in [3.05, 3.63) is 23.4 Å². The lowest BCUT2D eigenvalue weighted by molar-refractivity contribution is 0.244. The van der Waals surface area contributed by atoms with Crippen LogP contribution in [0.4, 0.5) is 5.82 Å². The SMILES string of the molecule is c1cc2c(nc1N1CCC3NCCCC3C1)CCC2. The van der Waals surface area contributed by atoms with Gasteiger partial charge in [-0.1, -0.05) is 6.07 Å². The molecule has 3 nitrogen and oxygen atoms in total. The molecule has 1 N–H and O–H groups in total. The lowest BCUT2D eigenvalue weighted by atomic mass is 9.85. The Balaban J connectivity index is 1.53. The maximum atomic E-state index is 4.92. The first-order valence-corrected chi connectivity index (χ1v) is 7.87. The van der Waals surface area contributed by atoms with Gasteiger partial charge in [0, 0.05) is 24.8 Å². The van der Waals surface area contributed by atoms with Crippen LogP contribution in [-0.2, 0) is 12.8 Å². The highest BCUT2D eigenvalue weighted by molar-refractivity contribution is 5.43. The molecular weight excluding hydrogens is 234 g/mol. The third-order valence-corrected chi connectivity index (χ3v) is 5.13. The van der Waals surface area contributed by atoms with E-state index in [0.717, 1.165) is 12.0 Å². The first-order chi connectivity index (χ1) is 9.40. The van der Waals surface area contributed by atoms with E-state index in [-0.39, 0.29) is 0 Å². The van der Waals surface area contributed by atoms with Crippen LogP contribution in [0.15, 0.2) is 12.1 Å². The van der Waals surface area contributed by atoms with Crippen molar-refractivity contribution in [2.24, 2.45) is 5.92 Å². The molecule has 3 heteroatoms. The molecule has 1 aromatic heterocycles. The minimum absolute atomic E-state index is 0.763. The summed E-state index contributed by atoms with van der Waals surface area (Å²) >= 11 is 0. The fraction of sp³-hybridized carbons (Fsp3) is 0.688. The molecule has 1 aliphatic carbocycles. The fourth-order valence-corrected chi connectivity index (χ4v) is 4.04. The van der Waals surface area contributed by atoms with Crippen LogP contribution < -0.4 is 10.2 Å². The summed E-state index contributed by atoms with van der Waals surface area (Å²) in [6, 6.07) is 5.33. The van der Waals surface area contributed by atoms with E-state index in [1.807, 2.05) is 0 Å². The highest BCUT2D eigenvalue weighted by Gasteiger charge is 2.31. The molecule has 0 saturated carbocycles. The summed E-state index contributed by atoms with van der Waals surface area (Å²) in [5, 5.41) is 3.69. The normalized spacial score (nSPS) is 30.0. The first-order valence-electron chi connectivity index (χ1n) is 7.87. The lowest BCUT2D eigenvalue weighted by Crippen LogP contribution is -2.52. The highest BCUT2D eigenvalue weighted by atomic mass is 15.2. The molecule has 0 aromatic carbocycles. The summed E-state index contributed by atoms with van der Waals surface area (Å²) in [6.45, 7) is 3.58. The Labute approximate surface area is 115 Å². The maximum absolute atomic E-state index is 4.92. The van der Waals surface area contributed by atoms with Gasteiger partial charge in [0.2, 0.25) is 0 Å². The molecule has 2 fully saturated rings. The maximum Gasteiger partial charge on any atom is 0.128 e. The molecule has 0 bridgehead atoms. The number of piperidine rings is 2. The largest absolute Gasteiger partial charge is 0.356 e. The van der Waals surface area contributed by atoms with Gasteiger partial charge in [0.15, 0.2) is 0 Å². The van der Waals surface area contributed by atoms with Crippen LogP contribution in [0.2, 0.25) is 0 Å². The van der Waals surface area contributed by atoms with Gasteiger partial charge in [-0.15, -0.1) is 0 Å². The number of anilines is 1. The average molecular weight is 257 g/mol. The third kappa shape index (κ3) is 2.14. The van der Waals surface area contributed by atoms with Crippen LogP contribution in [0.5, 0.6) is 0 Å². The Hall–Kier alpha value is -1.09. The fourth-order valence-electron chi connectivity index (χ4n) is 4.04. The molecule has 3 aliphatic rings. The molecule has 102 valence electrons. The van der Waals surface area contributed by atoms with E-state index < -0.39 is 0 Å². The van der Waals surface area contributed by atoms with E-state index in [1.165, 1.54) is 75.2 Å². The first kappa shape index (κ1) is 11.7. The second-order valence-electron chi connectivity index (χ2n) is 6.33. The van der Waals surface area contributed by atoms with Gasteiger partial charge in [-0.05, 0) is 62.6 Å². The van der Waals surface area contributed by atoms with Gasteiger partial charge in [-0.2, -0.15) is 0 Å². The van der Waals surface area contributed by atoms with Crippen LogP contribution in [-0.4, -0.2) is 30.7 Å². The van der Waals surface area contributed by atoms with Gasteiger partial charge in [0.1, 0.15) is 5.82 Å². The van der Waals surface area contributed by atoms with Gasteiger partial charge in [-0.3, -0.25) is 0 Å². The summed E-state index contributed by atoms with van der Waals surface area (Å²) in [5.41, 5.74) is 2.85. The second kappa shape index (κ2) is 4.78. The monoisotopic (exact) mass is 257 g/mol. The summed E-state index contributed by atoms with van der Waals surface area (Å²) < 4.78 is 0. The van der Waals surface area contributed by atoms with E-state index in [1.54, 1.807) is 0 Å². The summed E-state index contributed by atoms with van der Waals surface area (Å²) in [6.07, 6.45) is 7.72. The van der Waals surface area contributed by atoms with Crippen LogP contribution in [0.25, 0.3) is 0 Å². The van der Waals surface area contributed by atoms with Gasteiger partial charge in [0.25, 0.3) is 0 Å². The molecule has 2 unspecified atom stereocenters. The Morgan fingerprint density at radius 3 is 3.16 bits per heavy atom. The molecule has 2 aliphatic heterocycles. The van der Waals surface area contributed by atoms with E-state index in [0.29, 0.717) is 0 Å². The molecule has 0 radical (unpaired) electrons. The predicted octanol–water partition coefficient (Wildman–Crippen LogP) is 2.15. The number of hydrogen-bond acceptors (Lipinski definition) is 3. The van der Waals surface area contributed by atoms with E-state index in [2.05, 4.69) is 22.3 Å². The number of nitrogens with zero attached hydrogens (tertiary/aromatic N) is 2. The number of hydrogen-bond donors (Lipinski definition) is 1. The molecule has 2 atom stereocenters. The predicted molar refractivity (Wildman–Crippen MR) is 77.6 cm³/mol. The third-order valence-electron chi connectivity index (χ3n) is 5.13. The van der Waals surface area contributed by atoms with Gasteiger partial charge >= 0.3 is 0 Å². The number of pyridine rings is 1. The highest BCUT2D eigenvalue weighted by Crippen LogP contribution is 2.29. The van der Waals surface area contributed by atoms with Gasteiger partial charge in [-0.25, -0.2) is 4.98 Å². The number of nitrogens with one attached hydrogen (secondary N) is 1. The zero-order valence-electron chi connectivity index (χ0n) is 11.6. The van der Waals surface area contributed by atoms with Crippen molar-refractivity contribution in [1.29, 1.82) is 0 Å². The number of fused-ring (bicyclic) bond motifs is 2. The smallest absolute Gasteiger partial charge is 0.128 e. The average Bonchev–Trinajstić information content (AvgIpc) is 2.94. The minimum Gasteiger partial charge on any atom is -0.356 e. The van der Waals surface area contributed by atoms with Crippen molar-refractivity contribution in [1.82, 2.24) is 10.3 Å². The van der Waals surface area contributed by atoms with E-state index in [9.17, 15) is 0 Å². The lowest BCUT2D eigenvalue weighted by Gasteiger charge is -2.42. The van der Waals surface area contributed by atoms with Crippen molar-refractivity contribution in [2.75, 3.05) is 24.5 Å². The Morgan fingerprint density at radius 1 is 1.16 bits per heavy atom. The second-order valence-corrected chi connectivity index (χ2v) is 6.33. The Morgan fingerprint density at radius 2 is 2.16 bits per heavy atom. The van der Waals surface area contributed by atoms with E-state index in [4.69, 9.17) is 4.98 Å². The zero-order chi connectivity index (χ0) is 12.7. The molecule has 0 spiro atoms. The summed E-state index contributed by atoms with van der Waals surface area (Å²) in [7, 11) is 0. The molecule has 0 amide bonds. The minimum atomic E-state index is 0.763. The molecule has 3 heterocycles. The van der Waals surface area contributed by atoms with Crippen LogP contribution in [0, 0.1) is 5.92 Å². The number of aryl methyl sites for hydroxylation is 2. The zero-order valence-corrected chi connectivity index (χ0v) is 11.6. The molecule has 19 heavy (non-hydrogen) atoms. The number of rotatable bonds is 1. The van der Waals surface area contributed by atoms with Gasteiger partial charge < -0.3 is 10.2 Å². The van der Waals surface area contributed by atoms with Crippen molar-refractivity contribution in [3.63, 3.8) is 0 Å². The summed E-state index contributed by atoms with van der Waals surface area (Å²) in [5.74, 6) is 2.06. The van der Waals surface area contributed by atoms with Crippen LogP contribution in [0.1, 0.15) is 36.9 Å². The molecular formula is C16H23N3. The van der Waals surface area contributed by atoms with Crippen LogP contribution >= 0.6 is 0 Å². The van der Waals surface area contributed by atoms with E-state index >= 15 is 0 Å². The van der Waals surface area contributed by atoms with Crippen LogP contribution in [0.3, 0.4) is 0 Å². The van der Waals surface area contributed by atoms with Crippen molar-refractivity contribution < 1.29 is 0 Å². The quantitative estimate of drug-likeness (QED) is 0.835. The van der Waals surface area contributed by atoms with Gasteiger partial charge in [0.05, 0.1) is 0 Å². The Kier molecular flexibility index (Phi) is 2.95. The number of aromatic nitrogens is 1. The van der Waals surface area contributed by atoms with Crippen molar-refractivity contribution in [3.8, 4) is 0 Å². The van der Waals surface area contributed by atoms with Crippen molar-refractivity contribution >= 4 is 5.82 Å². The Bertz CT molecular complexity index is 471. The van der Waals surface area contributed by atoms with Crippen molar-refractivity contribution in [2.45, 2.75) is 44.6 Å². The summed E-state index contributed by atoms with van der Waals surface area (Å²) in [4.78, 5) is 7.44. The topological polar surface area (TPSA) is 28.2 Å². The molecule has 2 saturated heterocycles.